The Labute approximate surface area is 209 Å². The molecule has 2 aromatic rings. The van der Waals surface area contributed by atoms with Gasteiger partial charge < -0.3 is 20.3 Å². The number of benzene rings is 2. The molecule has 2 rings (SSSR count). The first-order valence-corrected chi connectivity index (χ1v) is 11.9. The highest BCUT2D eigenvalue weighted by Gasteiger charge is 2.35. The minimum Gasteiger partial charge on any atom is -0.444 e. The van der Waals surface area contributed by atoms with Gasteiger partial charge in [0.25, 0.3) is 5.91 Å². The summed E-state index contributed by atoms with van der Waals surface area (Å²) in [6.45, 7) is 16.5. The maximum Gasteiger partial charge on any atom is 0.408 e. The molecule has 1 unspecified atom stereocenters. The maximum atomic E-state index is 13.8. The van der Waals surface area contributed by atoms with Gasteiger partial charge in [-0.1, -0.05) is 36.4 Å². The van der Waals surface area contributed by atoms with Gasteiger partial charge in [0.05, 0.1) is 0 Å². The number of para-hydroxylation sites is 1. The second-order valence-electron chi connectivity index (χ2n) is 10.2. The summed E-state index contributed by atoms with van der Waals surface area (Å²) in [4.78, 5) is 41.0. The first-order chi connectivity index (χ1) is 16.2. The fourth-order valence-corrected chi connectivity index (χ4v) is 3.97. The van der Waals surface area contributed by atoms with Crippen LogP contribution in [0, 0.1) is 27.7 Å². The highest BCUT2D eigenvalue weighted by molar-refractivity contribution is 5.99. The lowest BCUT2D eigenvalue weighted by molar-refractivity contribution is -0.140. The molecule has 0 saturated heterocycles. The Bertz CT molecular complexity index is 1070. The highest BCUT2D eigenvalue weighted by atomic mass is 16.6. The number of carbonyl (C=O) groups is 3. The number of rotatable bonds is 7. The molecule has 0 bridgehead atoms. The lowest BCUT2D eigenvalue weighted by atomic mass is 9.94. The Morgan fingerprint density at radius 1 is 0.914 bits per heavy atom. The first-order valence-electron chi connectivity index (χ1n) is 11.9. The molecule has 0 aliphatic rings. The normalized spacial score (nSPS) is 12.2. The van der Waals surface area contributed by atoms with Crippen molar-refractivity contribution < 1.29 is 19.1 Å². The van der Waals surface area contributed by atoms with Gasteiger partial charge in [0, 0.05) is 11.7 Å². The van der Waals surface area contributed by atoms with E-state index in [1.165, 1.54) is 4.90 Å². The van der Waals surface area contributed by atoms with Crippen molar-refractivity contribution in [2.45, 2.75) is 80.0 Å². The number of hydrogen-bond acceptors (Lipinski definition) is 4. The third kappa shape index (κ3) is 7.31. The molecular weight excluding hydrogens is 442 g/mol. The largest absolute Gasteiger partial charge is 0.444 e. The molecular formula is C28H39N3O4. The number of hydrogen-bond donors (Lipinski definition) is 2. The number of aryl methyl sites for hydroxylation is 3. The number of carbonyl (C=O) groups excluding carboxylic acids is 3. The summed E-state index contributed by atoms with van der Waals surface area (Å²) in [7, 11) is 0. The van der Waals surface area contributed by atoms with E-state index in [0.29, 0.717) is 0 Å². The fourth-order valence-electron chi connectivity index (χ4n) is 3.97. The summed E-state index contributed by atoms with van der Waals surface area (Å²) >= 11 is 0. The van der Waals surface area contributed by atoms with E-state index < -0.39 is 17.7 Å². The Morgan fingerprint density at radius 3 is 2.00 bits per heavy atom. The van der Waals surface area contributed by atoms with Crippen LogP contribution in [0.5, 0.6) is 0 Å². The molecule has 7 nitrogen and oxygen atoms in total. The summed E-state index contributed by atoms with van der Waals surface area (Å²) in [5.41, 5.74) is 4.63. The second kappa shape index (κ2) is 11.4. The molecule has 0 aromatic heterocycles. The molecule has 3 amide bonds. The van der Waals surface area contributed by atoms with E-state index in [9.17, 15) is 14.4 Å². The van der Waals surface area contributed by atoms with E-state index in [1.807, 2.05) is 77.9 Å². The molecule has 2 N–H and O–H groups in total. The molecule has 0 aliphatic carbocycles. The van der Waals surface area contributed by atoms with E-state index in [4.69, 9.17) is 4.74 Å². The van der Waals surface area contributed by atoms with Gasteiger partial charge in [-0.15, -0.1) is 0 Å². The lowest BCUT2D eigenvalue weighted by Crippen LogP contribution is -2.49. The Morgan fingerprint density at radius 2 is 1.46 bits per heavy atom. The Hall–Kier alpha value is -3.35. The van der Waals surface area contributed by atoms with Gasteiger partial charge >= 0.3 is 6.09 Å². The van der Waals surface area contributed by atoms with Gasteiger partial charge in [0.15, 0.2) is 0 Å². The minimum atomic E-state index is -0.887. The van der Waals surface area contributed by atoms with Crippen LogP contribution < -0.4 is 10.6 Å². The van der Waals surface area contributed by atoms with Crippen molar-refractivity contribution >= 4 is 23.6 Å². The van der Waals surface area contributed by atoms with Crippen LogP contribution in [0.2, 0.25) is 0 Å². The average Bonchev–Trinajstić information content (AvgIpc) is 2.73. The van der Waals surface area contributed by atoms with Gasteiger partial charge in [0.2, 0.25) is 5.91 Å². The van der Waals surface area contributed by atoms with Crippen LogP contribution in [0.4, 0.5) is 10.5 Å². The Balaban J connectivity index is 2.46. The standard InChI is InChI=1S/C28H39N3O4/c1-17(2)31(23(32)16-29-27(34)35-28(7,8)9)25(22-15-11-12-18(3)21(22)6)26(33)30-24-19(4)13-10-14-20(24)5/h10-15,17,25H,16H2,1-9H3,(H,29,34)(H,30,33). The predicted molar refractivity (Wildman–Crippen MR) is 139 cm³/mol. The molecule has 0 fully saturated rings. The van der Waals surface area contributed by atoms with Gasteiger partial charge in [-0.3, -0.25) is 9.59 Å². The van der Waals surface area contributed by atoms with Crippen LogP contribution in [0.15, 0.2) is 36.4 Å². The van der Waals surface area contributed by atoms with Crippen molar-refractivity contribution in [2.75, 3.05) is 11.9 Å². The van der Waals surface area contributed by atoms with E-state index in [0.717, 1.165) is 33.5 Å². The second-order valence-corrected chi connectivity index (χ2v) is 10.2. The molecule has 0 radical (unpaired) electrons. The molecule has 0 saturated carbocycles. The first kappa shape index (κ1) is 27.9. The van der Waals surface area contributed by atoms with Crippen molar-refractivity contribution in [3.05, 3.63) is 64.2 Å². The van der Waals surface area contributed by atoms with Crippen LogP contribution in [0.3, 0.4) is 0 Å². The predicted octanol–water partition coefficient (Wildman–Crippen LogP) is 5.36. The smallest absolute Gasteiger partial charge is 0.408 e. The molecule has 1 atom stereocenters. The third-order valence-corrected chi connectivity index (χ3v) is 5.82. The summed E-state index contributed by atoms with van der Waals surface area (Å²) in [5, 5.41) is 5.59. The van der Waals surface area contributed by atoms with Gasteiger partial charge in [-0.25, -0.2) is 4.79 Å². The average molecular weight is 482 g/mol. The van der Waals surface area contributed by atoms with Crippen molar-refractivity contribution in [3.8, 4) is 0 Å². The molecule has 35 heavy (non-hydrogen) atoms. The summed E-state index contributed by atoms with van der Waals surface area (Å²) in [6.07, 6.45) is -0.683. The third-order valence-electron chi connectivity index (χ3n) is 5.82. The fraction of sp³-hybridized carbons (Fsp3) is 0.464. The zero-order chi connectivity index (χ0) is 26.5. The van der Waals surface area contributed by atoms with E-state index in [-0.39, 0.29) is 24.4 Å². The van der Waals surface area contributed by atoms with Crippen LogP contribution in [0.1, 0.15) is 68.5 Å². The molecule has 190 valence electrons. The van der Waals surface area contributed by atoms with Crippen LogP contribution in [-0.2, 0) is 14.3 Å². The van der Waals surface area contributed by atoms with E-state index in [2.05, 4.69) is 10.6 Å². The molecule has 0 heterocycles. The quantitative estimate of drug-likeness (QED) is 0.557. The van der Waals surface area contributed by atoms with Gasteiger partial charge in [-0.05, 0) is 90.1 Å². The van der Waals surface area contributed by atoms with Crippen molar-refractivity contribution in [2.24, 2.45) is 0 Å². The number of nitrogens with one attached hydrogen (secondary N) is 2. The highest BCUT2D eigenvalue weighted by Crippen LogP contribution is 2.30. The summed E-state index contributed by atoms with van der Waals surface area (Å²) < 4.78 is 5.26. The SMILES string of the molecule is Cc1cccc(C(C(=O)Nc2c(C)cccc2C)N(C(=O)CNC(=O)OC(C)(C)C)C(C)C)c1C. The molecule has 0 aliphatic heterocycles. The Kier molecular flexibility index (Phi) is 9.07. The van der Waals surface area contributed by atoms with Crippen molar-refractivity contribution in [1.29, 1.82) is 0 Å². The summed E-state index contributed by atoms with van der Waals surface area (Å²) in [5.74, 6) is -0.691. The minimum absolute atomic E-state index is 0.287. The van der Waals surface area contributed by atoms with Crippen molar-refractivity contribution in [3.63, 3.8) is 0 Å². The van der Waals surface area contributed by atoms with E-state index in [1.54, 1.807) is 20.8 Å². The summed E-state index contributed by atoms with van der Waals surface area (Å²) in [6, 6.07) is 10.4. The maximum absolute atomic E-state index is 13.8. The van der Waals surface area contributed by atoms with Gasteiger partial charge in [0.1, 0.15) is 18.2 Å². The number of amides is 3. The molecule has 7 heteroatoms. The topological polar surface area (TPSA) is 87.7 Å². The molecule has 2 aromatic carbocycles. The van der Waals surface area contributed by atoms with Crippen molar-refractivity contribution in [1.82, 2.24) is 10.2 Å². The molecule has 0 spiro atoms. The number of nitrogens with zero attached hydrogens (tertiary/aromatic N) is 1. The number of anilines is 1. The van der Waals surface area contributed by atoms with Crippen LogP contribution in [-0.4, -0.2) is 41.0 Å². The number of alkyl carbamates (subject to hydrolysis) is 1. The zero-order valence-electron chi connectivity index (χ0n) is 22.4. The van der Waals surface area contributed by atoms with Crippen LogP contribution in [0.25, 0.3) is 0 Å². The van der Waals surface area contributed by atoms with Gasteiger partial charge in [-0.2, -0.15) is 0 Å². The zero-order valence-corrected chi connectivity index (χ0v) is 22.4. The van der Waals surface area contributed by atoms with E-state index >= 15 is 0 Å². The lowest BCUT2D eigenvalue weighted by Gasteiger charge is -2.36. The van der Waals surface area contributed by atoms with Crippen LogP contribution >= 0.6 is 0 Å². The number of ether oxygens (including phenoxy) is 1. The monoisotopic (exact) mass is 481 g/mol.